The molecule has 3 aromatic heterocycles. The molecular weight excluding hydrogens is 268 g/mol. The summed E-state index contributed by atoms with van der Waals surface area (Å²) in [6.07, 6.45) is 8.52. The van der Waals surface area contributed by atoms with E-state index in [-0.39, 0.29) is 5.95 Å². The van der Waals surface area contributed by atoms with Crippen molar-refractivity contribution in [1.29, 1.82) is 0 Å². The van der Waals surface area contributed by atoms with Gasteiger partial charge in [0.15, 0.2) is 0 Å². The fourth-order valence-electron chi connectivity index (χ4n) is 1.87. The van der Waals surface area contributed by atoms with Gasteiger partial charge in [-0.3, -0.25) is 9.55 Å². The van der Waals surface area contributed by atoms with Gasteiger partial charge in [0.2, 0.25) is 17.8 Å². The molecule has 8 nitrogen and oxygen atoms in total. The highest BCUT2D eigenvalue weighted by Gasteiger charge is 2.10. The molecule has 0 spiro atoms. The Morgan fingerprint density at radius 2 is 1.90 bits per heavy atom. The molecule has 0 aliphatic carbocycles. The van der Waals surface area contributed by atoms with Crippen molar-refractivity contribution < 1.29 is 0 Å². The second-order valence-corrected chi connectivity index (χ2v) is 4.48. The molecule has 106 valence electrons. The van der Waals surface area contributed by atoms with Gasteiger partial charge in [-0.25, -0.2) is 4.98 Å². The molecule has 3 heterocycles. The summed E-state index contributed by atoms with van der Waals surface area (Å²) < 4.78 is 1.68. The van der Waals surface area contributed by atoms with Gasteiger partial charge in [-0.2, -0.15) is 15.0 Å². The number of hydrogen-bond acceptors (Lipinski definition) is 7. The number of nitrogens with two attached hydrogens (primary N) is 1. The summed E-state index contributed by atoms with van der Waals surface area (Å²) in [4.78, 5) is 22.5. The fourth-order valence-corrected chi connectivity index (χ4v) is 1.87. The van der Waals surface area contributed by atoms with Crippen molar-refractivity contribution >= 4 is 11.9 Å². The van der Waals surface area contributed by atoms with Crippen LogP contribution in [0.4, 0.5) is 11.9 Å². The number of nitrogens with zero attached hydrogens (tertiary/aromatic N) is 7. The summed E-state index contributed by atoms with van der Waals surface area (Å²) in [5.41, 5.74) is 6.87. The fraction of sp³-hybridized carbons (Fsp3) is 0.154. The number of rotatable bonds is 4. The summed E-state index contributed by atoms with van der Waals surface area (Å²) in [7, 11) is 1.90. The monoisotopic (exact) mass is 282 g/mol. The number of nitrogen functional groups attached to an aromatic ring is 1. The summed E-state index contributed by atoms with van der Waals surface area (Å²) in [5.74, 6) is 1.12. The second-order valence-electron chi connectivity index (χ2n) is 4.48. The first kappa shape index (κ1) is 13.0. The lowest BCUT2D eigenvalue weighted by Crippen LogP contribution is -2.21. The number of hydrogen-bond donors (Lipinski definition) is 1. The van der Waals surface area contributed by atoms with E-state index in [2.05, 4.69) is 24.9 Å². The summed E-state index contributed by atoms with van der Waals surface area (Å²) in [5, 5.41) is 0. The predicted molar refractivity (Wildman–Crippen MR) is 77.7 cm³/mol. The SMILES string of the molecule is CN(Cc1ccncc1)c1nc(N)nc(-n2ccnc2)n1. The van der Waals surface area contributed by atoms with E-state index in [1.54, 1.807) is 35.7 Å². The molecular formula is C13H14N8. The lowest BCUT2D eigenvalue weighted by molar-refractivity contribution is 0.826. The van der Waals surface area contributed by atoms with Crippen LogP contribution in [-0.2, 0) is 6.54 Å². The van der Waals surface area contributed by atoms with Crippen LogP contribution in [0, 0.1) is 0 Å². The second kappa shape index (κ2) is 5.53. The molecule has 0 amide bonds. The van der Waals surface area contributed by atoms with Crippen LogP contribution in [0.25, 0.3) is 5.95 Å². The number of imidazole rings is 1. The van der Waals surface area contributed by atoms with E-state index in [9.17, 15) is 0 Å². The minimum absolute atomic E-state index is 0.172. The minimum atomic E-state index is 0.172. The van der Waals surface area contributed by atoms with Crippen molar-refractivity contribution in [3.63, 3.8) is 0 Å². The standard InChI is InChI=1S/C13H14N8/c1-20(8-10-2-4-15-5-3-10)12-17-11(14)18-13(19-12)21-7-6-16-9-21/h2-7,9H,8H2,1H3,(H2,14,17,18,19). The molecule has 0 aliphatic heterocycles. The van der Waals surface area contributed by atoms with Gasteiger partial charge in [0, 0.05) is 38.4 Å². The van der Waals surface area contributed by atoms with Crippen LogP contribution in [0.1, 0.15) is 5.56 Å². The normalized spacial score (nSPS) is 10.5. The Bertz CT molecular complexity index is 710. The van der Waals surface area contributed by atoms with E-state index in [1.807, 2.05) is 24.1 Å². The topological polar surface area (TPSA) is 98.6 Å². The van der Waals surface area contributed by atoms with Crippen molar-refractivity contribution in [3.8, 4) is 5.95 Å². The van der Waals surface area contributed by atoms with Crippen LogP contribution in [0.15, 0.2) is 43.2 Å². The van der Waals surface area contributed by atoms with Crippen LogP contribution in [0.2, 0.25) is 0 Å². The number of pyridine rings is 1. The van der Waals surface area contributed by atoms with E-state index in [1.165, 1.54) is 0 Å². The van der Waals surface area contributed by atoms with Gasteiger partial charge in [-0.1, -0.05) is 0 Å². The summed E-state index contributed by atoms with van der Waals surface area (Å²) in [6.45, 7) is 0.648. The number of aromatic nitrogens is 6. The summed E-state index contributed by atoms with van der Waals surface area (Å²) >= 11 is 0. The van der Waals surface area contributed by atoms with Gasteiger partial charge in [-0.15, -0.1) is 0 Å². The van der Waals surface area contributed by atoms with Gasteiger partial charge in [0.05, 0.1) is 0 Å². The number of anilines is 2. The zero-order chi connectivity index (χ0) is 14.7. The van der Waals surface area contributed by atoms with Crippen LogP contribution < -0.4 is 10.6 Å². The van der Waals surface area contributed by atoms with Crippen LogP contribution in [-0.4, -0.2) is 36.5 Å². The lowest BCUT2D eigenvalue weighted by Gasteiger charge is -2.17. The van der Waals surface area contributed by atoms with E-state index in [4.69, 9.17) is 5.73 Å². The lowest BCUT2D eigenvalue weighted by atomic mass is 10.2. The molecule has 0 saturated heterocycles. The first-order valence-electron chi connectivity index (χ1n) is 6.32. The highest BCUT2D eigenvalue weighted by molar-refractivity contribution is 5.38. The Hall–Kier alpha value is -3.03. The van der Waals surface area contributed by atoms with Gasteiger partial charge in [-0.05, 0) is 17.7 Å². The Balaban J connectivity index is 1.88. The molecule has 0 unspecified atom stereocenters. The van der Waals surface area contributed by atoms with E-state index in [0.717, 1.165) is 5.56 Å². The highest BCUT2D eigenvalue weighted by Crippen LogP contribution is 2.13. The smallest absolute Gasteiger partial charge is 0.241 e. The molecule has 0 atom stereocenters. The molecule has 0 fully saturated rings. The average Bonchev–Trinajstić information content (AvgIpc) is 3.02. The van der Waals surface area contributed by atoms with Crippen molar-refractivity contribution in [2.75, 3.05) is 17.7 Å². The Morgan fingerprint density at radius 3 is 2.62 bits per heavy atom. The highest BCUT2D eigenvalue weighted by atomic mass is 15.3. The van der Waals surface area contributed by atoms with Crippen LogP contribution >= 0.6 is 0 Å². The maximum absolute atomic E-state index is 5.76. The molecule has 3 rings (SSSR count). The van der Waals surface area contributed by atoms with Gasteiger partial charge in [0.1, 0.15) is 6.33 Å². The van der Waals surface area contributed by atoms with Crippen molar-refractivity contribution in [2.45, 2.75) is 6.54 Å². The molecule has 0 radical (unpaired) electrons. The van der Waals surface area contributed by atoms with E-state index >= 15 is 0 Å². The maximum atomic E-state index is 5.76. The quantitative estimate of drug-likeness (QED) is 0.750. The minimum Gasteiger partial charge on any atom is -0.368 e. The van der Waals surface area contributed by atoms with Crippen molar-refractivity contribution in [1.82, 2.24) is 29.5 Å². The molecule has 21 heavy (non-hydrogen) atoms. The zero-order valence-electron chi connectivity index (χ0n) is 11.5. The molecule has 8 heteroatoms. The Kier molecular flexibility index (Phi) is 3.42. The largest absolute Gasteiger partial charge is 0.368 e. The van der Waals surface area contributed by atoms with Gasteiger partial charge >= 0.3 is 0 Å². The van der Waals surface area contributed by atoms with E-state index in [0.29, 0.717) is 18.4 Å². The molecule has 2 N–H and O–H groups in total. The third-order valence-corrected chi connectivity index (χ3v) is 2.87. The molecule has 0 aliphatic rings. The maximum Gasteiger partial charge on any atom is 0.241 e. The molecule has 0 aromatic carbocycles. The Labute approximate surface area is 121 Å². The van der Waals surface area contributed by atoms with Crippen LogP contribution in [0.5, 0.6) is 0 Å². The Morgan fingerprint density at radius 1 is 1.10 bits per heavy atom. The van der Waals surface area contributed by atoms with E-state index < -0.39 is 0 Å². The third-order valence-electron chi connectivity index (χ3n) is 2.87. The van der Waals surface area contributed by atoms with Crippen LogP contribution in [0.3, 0.4) is 0 Å². The van der Waals surface area contributed by atoms with Gasteiger partial charge in [0.25, 0.3) is 0 Å². The molecule has 3 aromatic rings. The molecule has 0 bridgehead atoms. The predicted octanol–water partition coefficient (Wildman–Crippen LogP) is 0.671. The average molecular weight is 282 g/mol. The first-order valence-corrected chi connectivity index (χ1v) is 6.32. The third kappa shape index (κ3) is 2.94. The first-order chi connectivity index (χ1) is 10.2. The van der Waals surface area contributed by atoms with Crippen molar-refractivity contribution in [2.24, 2.45) is 0 Å². The molecule has 0 saturated carbocycles. The zero-order valence-corrected chi connectivity index (χ0v) is 11.5. The van der Waals surface area contributed by atoms with Gasteiger partial charge < -0.3 is 10.6 Å². The summed E-state index contributed by atoms with van der Waals surface area (Å²) in [6, 6.07) is 3.88. The van der Waals surface area contributed by atoms with Crippen molar-refractivity contribution in [3.05, 3.63) is 48.8 Å².